The number of phenolic OH excluding ortho intramolecular Hbond substituents is 1. The van der Waals surface area contributed by atoms with E-state index in [4.69, 9.17) is 24.8 Å². The topological polar surface area (TPSA) is 126 Å². The molecule has 2 saturated carbocycles. The number of carbonyl (C=O) groups is 2. The first kappa shape index (κ1) is 46.4. The van der Waals surface area contributed by atoms with Gasteiger partial charge < -0.3 is 29.5 Å². The maximum Gasteiger partial charge on any atom is 0.426 e. The minimum absolute atomic E-state index is 0.0915. The summed E-state index contributed by atoms with van der Waals surface area (Å²) in [6, 6.07) is 7.43. The standard InChI is InChI=1S/C11H14F6O.C10H14O.C9H16O3.C7H14O3/c12-10(13,14)9(18,11(15,16)17)5-8-4-6-1-2-7(8)3-6;1-3-8(2)9-4-6-10(11)7-5-9;1-4-9(2,3)8(10)12-6-7-5-11-7;1-4-7(2,5-8)6(9)10-3/h6-8,18H,1-5H2;4-8,11H,3H2,1-2H3;7H,4-6H2,1-3H3;8H,4-5H2,1-3H3. The number of methoxy groups -OCH3 is 1. The van der Waals surface area contributed by atoms with E-state index in [1.165, 1.54) is 12.7 Å². The Hall–Kier alpha value is -2.58. The fourth-order valence-corrected chi connectivity index (χ4v) is 5.68. The van der Waals surface area contributed by atoms with Gasteiger partial charge in [0.05, 0.1) is 31.2 Å². The van der Waals surface area contributed by atoms with Crippen LogP contribution in [0.5, 0.6) is 5.75 Å². The molecular formula is C37H58F6O8. The van der Waals surface area contributed by atoms with E-state index in [-0.39, 0.29) is 41.9 Å². The predicted molar refractivity (Wildman–Crippen MR) is 180 cm³/mol. The van der Waals surface area contributed by atoms with Crippen LogP contribution in [0.1, 0.15) is 111 Å². The molecule has 8 nitrogen and oxygen atoms in total. The Labute approximate surface area is 298 Å². The van der Waals surface area contributed by atoms with Crippen LogP contribution in [0.2, 0.25) is 0 Å². The lowest BCUT2D eigenvalue weighted by molar-refractivity contribution is -0.373. The summed E-state index contributed by atoms with van der Waals surface area (Å²) in [6.45, 7) is 14.6. The van der Waals surface area contributed by atoms with Gasteiger partial charge in [-0.15, -0.1) is 0 Å². The molecule has 4 rings (SSSR count). The third-order valence-electron chi connectivity index (χ3n) is 10.5. The number of ether oxygens (including phenoxy) is 3. The van der Waals surface area contributed by atoms with Crippen molar-refractivity contribution in [2.75, 3.05) is 26.9 Å². The van der Waals surface area contributed by atoms with Gasteiger partial charge in [-0.25, -0.2) is 0 Å². The number of fused-ring (bicyclic) bond motifs is 2. The van der Waals surface area contributed by atoms with Gasteiger partial charge in [-0.2, -0.15) is 26.3 Å². The van der Waals surface area contributed by atoms with Crippen LogP contribution in [0.25, 0.3) is 0 Å². The van der Waals surface area contributed by atoms with Crippen LogP contribution in [0, 0.1) is 28.6 Å². The van der Waals surface area contributed by atoms with Crippen LogP contribution in [-0.4, -0.2) is 78.2 Å². The summed E-state index contributed by atoms with van der Waals surface area (Å²) < 4.78 is 89.6. The highest BCUT2D eigenvalue weighted by Crippen LogP contribution is 2.55. The third-order valence-corrected chi connectivity index (χ3v) is 10.5. The van der Waals surface area contributed by atoms with Crippen molar-refractivity contribution in [3.63, 3.8) is 0 Å². The lowest BCUT2D eigenvalue weighted by Crippen LogP contribution is -2.58. The van der Waals surface area contributed by atoms with Gasteiger partial charge in [-0.3, -0.25) is 9.59 Å². The van der Waals surface area contributed by atoms with E-state index in [9.17, 15) is 35.9 Å². The fourth-order valence-electron chi connectivity index (χ4n) is 5.68. The molecule has 1 heterocycles. The van der Waals surface area contributed by atoms with Gasteiger partial charge in [-0.05, 0) is 107 Å². The second kappa shape index (κ2) is 19.5. The Kier molecular flexibility index (Phi) is 17.7. The summed E-state index contributed by atoms with van der Waals surface area (Å²) in [4.78, 5) is 22.3. The minimum atomic E-state index is -5.67. The molecule has 0 radical (unpaired) electrons. The van der Waals surface area contributed by atoms with Gasteiger partial charge >= 0.3 is 24.3 Å². The number of aliphatic hydroxyl groups excluding tert-OH is 1. The molecule has 296 valence electrons. The van der Waals surface area contributed by atoms with Gasteiger partial charge in [-0.1, -0.05) is 46.2 Å². The van der Waals surface area contributed by atoms with Crippen molar-refractivity contribution in [1.29, 1.82) is 0 Å². The number of halogens is 6. The van der Waals surface area contributed by atoms with Crippen molar-refractivity contribution in [2.45, 2.75) is 130 Å². The Morgan fingerprint density at radius 3 is 1.80 bits per heavy atom. The van der Waals surface area contributed by atoms with Crippen LogP contribution >= 0.6 is 0 Å². The molecule has 51 heavy (non-hydrogen) atoms. The second-order valence-corrected chi connectivity index (χ2v) is 14.8. The molecule has 0 amide bonds. The third kappa shape index (κ3) is 13.7. The van der Waals surface area contributed by atoms with E-state index in [0.717, 1.165) is 25.9 Å². The van der Waals surface area contributed by atoms with Gasteiger partial charge in [0.1, 0.15) is 18.5 Å². The van der Waals surface area contributed by atoms with E-state index in [1.807, 2.05) is 39.8 Å². The Balaban J connectivity index is 0.000000351. The quantitative estimate of drug-likeness (QED) is 0.117. The largest absolute Gasteiger partial charge is 0.508 e. The number of benzene rings is 1. The number of aromatic hydroxyl groups is 1. The minimum Gasteiger partial charge on any atom is -0.508 e. The van der Waals surface area contributed by atoms with Crippen LogP contribution in [0.4, 0.5) is 26.3 Å². The number of rotatable bonds is 11. The van der Waals surface area contributed by atoms with E-state index in [2.05, 4.69) is 18.6 Å². The molecule has 2 aliphatic carbocycles. The van der Waals surface area contributed by atoms with Gasteiger partial charge in [0.2, 0.25) is 0 Å². The molecule has 0 aromatic heterocycles. The molecule has 3 aliphatic rings. The van der Waals surface area contributed by atoms with Crippen LogP contribution in [-0.2, 0) is 23.8 Å². The molecule has 1 aromatic carbocycles. The van der Waals surface area contributed by atoms with Crippen LogP contribution < -0.4 is 0 Å². The zero-order chi connectivity index (χ0) is 39.4. The Morgan fingerprint density at radius 2 is 1.47 bits per heavy atom. The molecule has 3 N–H and O–H groups in total. The summed E-state index contributed by atoms with van der Waals surface area (Å²) in [5.74, 6) is -0.0559. The molecule has 14 heteroatoms. The Bertz CT molecular complexity index is 1180. The predicted octanol–water partition coefficient (Wildman–Crippen LogP) is 8.51. The highest BCUT2D eigenvalue weighted by Gasteiger charge is 2.71. The SMILES string of the molecule is CCC(C)(C)C(=O)OCC1CO1.CCC(C)(CO)C(=O)OC.CCC(C)c1ccc(O)cc1.OC(CC1CC2CCC1C2)(C(F)(F)F)C(F)(F)F. The zero-order valence-corrected chi connectivity index (χ0v) is 31.1. The summed E-state index contributed by atoms with van der Waals surface area (Å²) in [5.41, 5.74) is -4.33. The molecule has 6 unspecified atom stereocenters. The zero-order valence-electron chi connectivity index (χ0n) is 31.1. The average molecular weight is 745 g/mol. The van der Waals surface area contributed by atoms with Crippen LogP contribution in [0.3, 0.4) is 0 Å². The highest BCUT2D eigenvalue weighted by molar-refractivity contribution is 5.76. The lowest BCUT2D eigenvalue weighted by Gasteiger charge is -2.36. The fraction of sp³-hybridized carbons (Fsp3) is 0.784. The molecular weight excluding hydrogens is 686 g/mol. The smallest absolute Gasteiger partial charge is 0.426 e. The number of phenols is 1. The molecule has 6 atom stereocenters. The van der Waals surface area contributed by atoms with Gasteiger partial charge in [0.15, 0.2) is 0 Å². The number of epoxide rings is 1. The Morgan fingerprint density at radius 1 is 0.922 bits per heavy atom. The van der Waals surface area contributed by atoms with Crippen molar-refractivity contribution in [3.05, 3.63) is 29.8 Å². The second-order valence-electron chi connectivity index (χ2n) is 14.8. The first-order valence-corrected chi connectivity index (χ1v) is 17.6. The maximum absolute atomic E-state index is 12.5. The van der Waals surface area contributed by atoms with E-state index in [0.29, 0.717) is 44.0 Å². The molecule has 3 fully saturated rings. The van der Waals surface area contributed by atoms with Crippen molar-refractivity contribution in [1.82, 2.24) is 0 Å². The van der Waals surface area contributed by atoms with Gasteiger partial charge in [0, 0.05) is 0 Å². The highest BCUT2D eigenvalue weighted by atomic mass is 19.4. The lowest BCUT2D eigenvalue weighted by atomic mass is 9.79. The number of alkyl halides is 6. The molecule has 2 bridgehead atoms. The molecule has 1 aromatic rings. The summed E-state index contributed by atoms with van der Waals surface area (Å²) in [5, 5.41) is 26.9. The summed E-state index contributed by atoms with van der Waals surface area (Å²) >= 11 is 0. The molecule has 1 saturated heterocycles. The monoisotopic (exact) mass is 744 g/mol. The van der Waals surface area contributed by atoms with Crippen molar-refractivity contribution in [2.24, 2.45) is 28.6 Å². The first-order chi connectivity index (χ1) is 23.4. The number of esters is 2. The molecule has 1 aliphatic heterocycles. The van der Waals surface area contributed by atoms with Gasteiger partial charge in [0.25, 0.3) is 5.60 Å². The molecule has 0 spiro atoms. The van der Waals surface area contributed by atoms with E-state index >= 15 is 0 Å². The summed E-state index contributed by atoms with van der Waals surface area (Å²) in [7, 11) is 1.33. The van der Waals surface area contributed by atoms with Crippen molar-refractivity contribution in [3.8, 4) is 5.75 Å². The van der Waals surface area contributed by atoms with E-state index < -0.39 is 35.7 Å². The van der Waals surface area contributed by atoms with Crippen LogP contribution in [0.15, 0.2) is 24.3 Å². The summed E-state index contributed by atoms with van der Waals surface area (Å²) in [6.07, 6.45) is -7.24. The number of hydrogen-bond donors (Lipinski definition) is 3. The van der Waals surface area contributed by atoms with E-state index in [1.54, 1.807) is 19.1 Å². The average Bonchev–Trinajstić information content (AvgIpc) is 3.69. The number of hydrogen-bond acceptors (Lipinski definition) is 8. The maximum atomic E-state index is 12.5. The van der Waals surface area contributed by atoms with Crippen molar-refractivity contribution < 1.29 is 65.5 Å². The van der Waals surface area contributed by atoms with Crippen molar-refractivity contribution >= 4 is 11.9 Å². The number of carbonyl (C=O) groups excluding carboxylic acids is 2. The normalized spacial score (nSPS) is 22.8. The first-order valence-electron chi connectivity index (χ1n) is 17.6. The number of aliphatic hydroxyl groups is 2.